The van der Waals surface area contributed by atoms with Gasteiger partial charge in [0.15, 0.2) is 11.6 Å². The first-order chi connectivity index (χ1) is 9.90. The van der Waals surface area contributed by atoms with Gasteiger partial charge in [-0.2, -0.15) is 0 Å². The van der Waals surface area contributed by atoms with Crippen LogP contribution < -0.4 is 5.32 Å². The molecule has 5 heteroatoms. The van der Waals surface area contributed by atoms with Gasteiger partial charge in [-0.05, 0) is 37.1 Å². The van der Waals surface area contributed by atoms with Gasteiger partial charge in [0.2, 0.25) is 0 Å². The minimum Gasteiger partial charge on any atom is -0.345 e. The van der Waals surface area contributed by atoms with E-state index in [9.17, 15) is 13.6 Å². The van der Waals surface area contributed by atoms with Crippen LogP contribution >= 0.6 is 11.6 Å². The Morgan fingerprint density at radius 2 is 1.81 bits per heavy atom. The average molecular weight is 310 g/mol. The van der Waals surface area contributed by atoms with Crippen molar-refractivity contribution in [1.82, 2.24) is 5.32 Å². The molecule has 0 saturated carbocycles. The third-order valence-corrected chi connectivity index (χ3v) is 3.57. The maximum atomic E-state index is 13.2. The van der Waals surface area contributed by atoms with Crippen LogP contribution in [0.2, 0.25) is 5.02 Å². The van der Waals surface area contributed by atoms with Crippen LogP contribution in [0.3, 0.4) is 0 Å². The number of carbonyl (C=O) groups is 1. The van der Waals surface area contributed by atoms with Gasteiger partial charge in [-0.25, -0.2) is 8.78 Å². The zero-order valence-corrected chi connectivity index (χ0v) is 12.3. The fourth-order valence-electron chi connectivity index (χ4n) is 2.12. The molecule has 0 aliphatic rings. The number of nitrogens with one attached hydrogen (secondary N) is 1. The van der Waals surface area contributed by atoms with E-state index in [1.54, 1.807) is 0 Å². The zero-order chi connectivity index (χ0) is 15.6. The van der Waals surface area contributed by atoms with Crippen molar-refractivity contribution in [2.45, 2.75) is 19.9 Å². The lowest BCUT2D eigenvalue weighted by atomic mass is 10.0. The van der Waals surface area contributed by atoms with Gasteiger partial charge in [0.05, 0.1) is 16.6 Å². The van der Waals surface area contributed by atoms with Crippen LogP contribution in [0.25, 0.3) is 0 Å². The number of carbonyl (C=O) groups excluding carboxylic acids is 1. The molecule has 1 N–H and O–H groups in total. The molecule has 2 nitrogen and oxygen atoms in total. The van der Waals surface area contributed by atoms with Crippen molar-refractivity contribution >= 4 is 17.5 Å². The number of hydrogen-bond acceptors (Lipinski definition) is 1. The van der Waals surface area contributed by atoms with Crippen LogP contribution in [0.4, 0.5) is 8.78 Å². The molecule has 0 bridgehead atoms. The van der Waals surface area contributed by atoms with E-state index in [-0.39, 0.29) is 16.6 Å². The van der Waals surface area contributed by atoms with E-state index >= 15 is 0 Å². The Bertz CT molecular complexity index is 688. The second-order valence-corrected chi connectivity index (χ2v) is 5.21. The predicted molar refractivity (Wildman–Crippen MR) is 78.4 cm³/mol. The first-order valence-electron chi connectivity index (χ1n) is 6.41. The molecule has 2 aromatic carbocycles. The third kappa shape index (κ3) is 3.39. The normalized spacial score (nSPS) is 12.0. The van der Waals surface area contributed by atoms with Crippen LogP contribution in [0.15, 0.2) is 36.4 Å². The highest BCUT2D eigenvalue weighted by Gasteiger charge is 2.18. The van der Waals surface area contributed by atoms with E-state index in [0.29, 0.717) is 0 Å². The minimum atomic E-state index is -1.10. The van der Waals surface area contributed by atoms with Crippen molar-refractivity contribution in [2.24, 2.45) is 0 Å². The fourth-order valence-corrected chi connectivity index (χ4v) is 2.36. The summed E-state index contributed by atoms with van der Waals surface area (Å²) in [4.78, 5) is 12.1. The molecule has 110 valence electrons. The Morgan fingerprint density at radius 1 is 1.19 bits per heavy atom. The summed E-state index contributed by atoms with van der Waals surface area (Å²) in [5, 5.41) is 2.61. The molecule has 0 aliphatic carbocycles. The van der Waals surface area contributed by atoms with Crippen molar-refractivity contribution in [1.29, 1.82) is 0 Å². The number of halogens is 3. The second-order valence-electron chi connectivity index (χ2n) is 4.80. The summed E-state index contributed by atoms with van der Waals surface area (Å²) in [6, 6.07) is 8.93. The Kier molecular flexibility index (Phi) is 4.58. The van der Waals surface area contributed by atoms with Gasteiger partial charge < -0.3 is 5.32 Å². The molecule has 0 spiro atoms. The highest BCUT2D eigenvalue weighted by molar-refractivity contribution is 6.33. The summed E-state index contributed by atoms with van der Waals surface area (Å²) in [5.74, 6) is -2.73. The van der Waals surface area contributed by atoms with Crippen LogP contribution in [-0.2, 0) is 0 Å². The number of amides is 1. The van der Waals surface area contributed by atoms with Crippen molar-refractivity contribution in [3.63, 3.8) is 0 Å². The van der Waals surface area contributed by atoms with E-state index in [1.807, 2.05) is 38.1 Å². The van der Waals surface area contributed by atoms with Crippen molar-refractivity contribution in [3.05, 3.63) is 69.7 Å². The van der Waals surface area contributed by atoms with Crippen molar-refractivity contribution in [3.8, 4) is 0 Å². The molecule has 0 fully saturated rings. The van der Waals surface area contributed by atoms with Crippen LogP contribution in [0, 0.1) is 18.6 Å². The molecular formula is C16H14ClF2NO. The topological polar surface area (TPSA) is 29.1 Å². The molecule has 1 atom stereocenters. The van der Waals surface area contributed by atoms with E-state index in [0.717, 1.165) is 23.3 Å². The Balaban J connectivity index is 2.22. The standard InChI is InChI=1S/C16H14ClF2NO/c1-9-5-3-4-6-11(9)10(2)20-16(21)12-7-14(18)15(19)8-13(12)17/h3-8,10H,1-2H3,(H,20,21). The number of hydrogen-bond donors (Lipinski definition) is 1. The van der Waals surface area contributed by atoms with E-state index in [2.05, 4.69) is 5.32 Å². The Labute approximate surface area is 126 Å². The Hall–Kier alpha value is -1.94. The maximum Gasteiger partial charge on any atom is 0.253 e. The number of rotatable bonds is 3. The summed E-state index contributed by atoms with van der Waals surface area (Å²) >= 11 is 5.79. The van der Waals surface area contributed by atoms with Gasteiger partial charge in [0, 0.05) is 0 Å². The van der Waals surface area contributed by atoms with E-state index in [1.165, 1.54) is 0 Å². The highest BCUT2D eigenvalue weighted by Crippen LogP contribution is 2.22. The van der Waals surface area contributed by atoms with Gasteiger partial charge in [-0.1, -0.05) is 35.9 Å². The molecule has 2 aromatic rings. The average Bonchev–Trinajstić information content (AvgIpc) is 2.43. The van der Waals surface area contributed by atoms with Crippen molar-refractivity contribution < 1.29 is 13.6 Å². The van der Waals surface area contributed by atoms with E-state index in [4.69, 9.17) is 11.6 Å². The molecule has 0 saturated heterocycles. The van der Waals surface area contributed by atoms with Gasteiger partial charge in [-0.3, -0.25) is 4.79 Å². The highest BCUT2D eigenvalue weighted by atomic mass is 35.5. The van der Waals surface area contributed by atoms with Gasteiger partial charge in [0.1, 0.15) is 0 Å². The molecule has 0 radical (unpaired) electrons. The first kappa shape index (κ1) is 15.4. The molecule has 21 heavy (non-hydrogen) atoms. The lowest BCUT2D eigenvalue weighted by Crippen LogP contribution is -2.27. The quantitative estimate of drug-likeness (QED) is 0.836. The monoisotopic (exact) mass is 309 g/mol. The lowest BCUT2D eigenvalue weighted by molar-refractivity contribution is 0.0939. The SMILES string of the molecule is Cc1ccccc1C(C)NC(=O)c1cc(F)c(F)cc1Cl. The summed E-state index contributed by atoms with van der Waals surface area (Å²) in [6.45, 7) is 3.75. The Morgan fingerprint density at radius 3 is 2.48 bits per heavy atom. The summed E-state index contributed by atoms with van der Waals surface area (Å²) in [7, 11) is 0. The summed E-state index contributed by atoms with van der Waals surface area (Å²) in [6.07, 6.45) is 0. The molecular weight excluding hydrogens is 296 g/mol. The molecule has 0 aliphatic heterocycles. The first-order valence-corrected chi connectivity index (χ1v) is 6.79. The molecule has 1 amide bonds. The van der Waals surface area contributed by atoms with Gasteiger partial charge in [0.25, 0.3) is 5.91 Å². The summed E-state index contributed by atoms with van der Waals surface area (Å²) in [5.41, 5.74) is 1.89. The number of aryl methyl sites for hydroxylation is 1. The minimum absolute atomic E-state index is 0.0870. The van der Waals surface area contributed by atoms with Crippen LogP contribution in [0.5, 0.6) is 0 Å². The molecule has 2 rings (SSSR count). The smallest absolute Gasteiger partial charge is 0.253 e. The van der Waals surface area contributed by atoms with Crippen LogP contribution in [0.1, 0.15) is 34.5 Å². The predicted octanol–water partition coefficient (Wildman–Crippen LogP) is 4.42. The third-order valence-electron chi connectivity index (χ3n) is 3.26. The van der Waals surface area contributed by atoms with Crippen LogP contribution in [-0.4, -0.2) is 5.91 Å². The fraction of sp³-hybridized carbons (Fsp3) is 0.188. The zero-order valence-electron chi connectivity index (χ0n) is 11.6. The number of benzene rings is 2. The van der Waals surface area contributed by atoms with Gasteiger partial charge >= 0.3 is 0 Å². The summed E-state index contributed by atoms with van der Waals surface area (Å²) < 4.78 is 26.2. The van der Waals surface area contributed by atoms with E-state index < -0.39 is 17.5 Å². The van der Waals surface area contributed by atoms with Gasteiger partial charge in [-0.15, -0.1) is 0 Å². The lowest BCUT2D eigenvalue weighted by Gasteiger charge is -2.17. The molecule has 0 aromatic heterocycles. The molecule has 0 heterocycles. The molecule has 1 unspecified atom stereocenters. The maximum absolute atomic E-state index is 13.2. The largest absolute Gasteiger partial charge is 0.345 e. The van der Waals surface area contributed by atoms with Crippen molar-refractivity contribution in [2.75, 3.05) is 0 Å². The second kappa shape index (κ2) is 6.22.